The number of nitrogens with zero attached hydrogens (tertiary/aromatic N) is 1. The van der Waals surface area contributed by atoms with Crippen molar-refractivity contribution in [2.75, 3.05) is 0 Å². The Morgan fingerprint density at radius 1 is 1.56 bits per heavy atom. The summed E-state index contributed by atoms with van der Waals surface area (Å²) in [5, 5.41) is 11.0. The molecule has 0 bridgehead atoms. The molecule has 1 rings (SSSR count). The lowest BCUT2D eigenvalue weighted by Crippen LogP contribution is -2.10. The maximum absolute atomic E-state index is 11.0. The standard InChI is InChI=1S/C11H13BrINO2/c1-3-10(12)7(2)9-5-4-8(13)6-11(9)14(15)16/h4-7,10H,3H2,1-2H3. The fraction of sp³-hybridized carbons (Fsp3) is 0.455. The monoisotopic (exact) mass is 397 g/mol. The van der Waals surface area contributed by atoms with Gasteiger partial charge in [-0.25, -0.2) is 0 Å². The van der Waals surface area contributed by atoms with Crippen LogP contribution in [0.1, 0.15) is 31.7 Å². The normalized spacial score (nSPS) is 14.5. The molecule has 3 nitrogen and oxygen atoms in total. The van der Waals surface area contributed by atoms with E-state index in [1.165, 1.54) is 0 Å². The minimum atomic E-state index is -0.302. The summed E-state index contributed by atoms with van der Waals surface area (Å²) in [6.07, 6.45) is 0.949. The number of benzene rings is 1. The van der Waals surface area contributed by atoms with Crippen molar-refractivity contribution in [2.45, 2.75) is 31.0 Å². The lowest BCUT2D eigenvalue weighted by Gasteiger charge is -2.17. The maximum Gasteiger partial charge on any atom is 0.273 e. The first-order valence-corrected chi connectivity index (χ1v) is 7.04. The Morgan fingerprint density at radius 3 is 2.69 bits per heavy atom. The summed E-state index contributed by atoms with van der Waals surface area (Å²) in [6.45, 7) is 4.08. The fourth-order valence-corrected chi connectivity index (χ4v) is 2.37. The molecule has 88 valence electrons. The van der Waals surface area contributed by atoms with Crippen molar-refractivity contribution in [1.29, 1.82) is 0 Å². The molecule has 0 aliphatic rings. The van der Waals surface area contributed by atoms with Crippen molar-refractivity contribution in [3.05, 3.63) is 37.4 Å². The molecule has 0 aromatic heterocycles. The quantitative estimate of drug-likeness (QED) is 0.325. The Bertz CT molecular complexity index is 398. The van der Waals surface area contributed by atoms with Gasteiger partial charge in [0.1, 0.15) is 0 Å². The number of rotatable bonds is 4. The number of nitro benzene ring substituents is 1. The van der Waals surface area contributed by atoms with Crippen LogP contribution in [0.25, 0.3) is 0 Å². The lowest BCUT2D eigenvalue weighted by molar-refractivity contribution is -0.385. The Morgan fingerprint density at radius 2 is 2.19 bits per heavy atom. The molecule has 2 atom stereocenters. The van der Waals surface area contributed by atoms with Gasteiger partial charge in [-0.15, -0.1) is 0 Å². The highest BCUT2D eigenvalue weighted by Crippen LogP contribution is 2.33. The predicted octanol–water partition coefficient (Wildman–Crippen LogP) is 4.48. The third-order valence-electron chi connectivity index (χ3n) is 2.61. The number of halogens is 2. The van der Waals surface area contributed by atoms with Gasteiger partial charge < -0.3 is 0 Å². The van der Waals surface area contributed by atoms with Gasteiger partial charge in [-0.05, 0) is 35.1 Å². The van der Waals surface area contributed by atoms with Gasteiger partial charge in [0, 0.05) is 25.9 Å². The molecule has 0 amide bonds. The van der Waals surface area contributed by atoms with E-state index in [4.69, 9.17) is 0 Å². The Hall–Kier alpha value is -0.170. The van der Waals surface area contributed by atoms with E-state index in [-0.39, 0.29) is 21.4 Å². The van der Waals surface area contributed by atoms with Crippen LogP contribution in [0.5, 0.6) is 0 Å². The second kappa shape index (κ2) is 5.95. The molecule has 0 N–H and O–H groups in total. The molecule has 2 unspecified atom stereocenters. The number of hydrogen-bond donors (Lipinski definition) is 0. The second-order valence-corrected chi connectivity index (χ2v) is 6.09. The summed E-state index contributed by atoms with van der Waals surface area (Å²) in [5.74, 6) is 0.141. The first kappa shape index (κ1) is 13.9. The van der Waals surface area contributed by atoms with Gasteiger partial charge >= 0.3 is 0 Å². The van der Waals surface area contributed by atoms with Gasteiger partial charge in [-0.1, -0.05) is 35.8 Å². The lowest BCUT2D eigenvalue weighted by atomic mass is 9.95. The van der Waals surface area contributed by atoms with E-state index >= 15 is 0 Å². The summed E-state index contributed by atoms with van der Waals surface area (Å²) in [5.41, 5.74) is 1.02. The van der Waals surface area contributed by atoms with Crippen molar-refractivity contribution < 1.29 is 4.92 Å². The summed E-state index contributed by atoms with van der Waals surface area (Å²) in [6, 6.07) is 5.39. The third kappa shape index (κ3) is 3.16. The smallest absolute Gasteiger partial charge is 0.258 e. The van der Waals surface area contributed by atoms with Gasteiger partial charge in [-0.2, -0.15) is 0 Å². The molecule has 1 aromatic rings. The summed E-state index contributed by atoms with van der Waals surface area (Å²) in [4.78, 5) is 10.9. The first-order valence-electron chi connectivity index (χ1n) is 5.05. The predicted molar refractivity (Wildman–Crippen MR) is 77.2 cm³/mol. The van der Waals surface area contributed by atoms with E-state index in [1.807, 2.05) is 19.1 Å². The Balaban J connectivity index is 3.17. The molecule has 0 fully saturated rings. The molecular weight excluding hydrogens is 385 g/mol. The van der Waals surface area contributed by atoms with Crippen LogP contribution < -0.4 is 0 Å². The topological polar surface area (TPSA) is 43.1 Å². The van der Waals surface area contributed by atoms with E-state index in [9.17, 15) is 10.1 Å². The summed E-state index contributed by atoms with van der Waals surface area (Å²) in [7, 11) is 0. The van der Waals surface area contributed by atoms with Gasteiger partial charge in [-0.3, -0.25) is 10.1 Å². The Labute approximate surface area is 117 Å². The number of alkyl halides is 1. The van der Waals surface area contributed by atoms with E-state index in [0.29, 0.717) is 0 Å². The van der Waals surface area contributed by atoms with Crippen LogP contribution in [-0.4, -0.2) is 9.75 Å². The number of hydrogen-bond acceptors (Lipinski definition) is 2. The molecule has 0 saturated heterocycles. The van der Waals surface area contributed by atoms with E-state index in [1.54, 1.807) is 6.07 Å². The minimum absolute atomic E-state index is 0.141. The van der Waals surface area contributed by atoms with E-state index in [0.717, 1.165) is 15.6 Å². The average Bonchev–Trinajstić information content (AvgIpc) is 2.26. The van der Waals surface area contributed by atoms with Gasteiger partial charge in [0.15, 0.2) is 0 Å². The fourth-order valence-electron chi connectivity index (χ4n) is 1.61. The van der Waals surface area contributed by atoms with E-state index < -0.39 is 0 Å². The minimum Gasteiger partial charge on any atom is -0.258 e. The summed E-state index contributed by atoms with van der Waals surface area (Å²) < 4.78 is 0.892. The van der Waals surface area contributed by atoms with Crippen molar-refractivity contribution in [3.8, 4) is 0 Å². The van der Waals surface area contributed by atoms with E-state index in [2.05, 4.69) is 45.4 Å². The molecule has 0 aliphatic heterocycles. The molecule has 1 aromatic carbocycles. The third-order valence-corrected chi connectivity index (χ3v) is 4.72. The van der Waals surface area contributed by atoms with Gasteiger partial charge in [0.25, 0.3) is 5.69 Å². The molecule has 5 heteroatoms. The zero-order chi connectivity index (χ0) is 12.3. The highest BCUT2D eigenvalue weighted by molar-refractivity contribution is 14.1. The zero-order valence-electron chi connectivity index (χ0n) is 9.11. The SMILES string of the molecule is CCC(Br)C(C)c1ccc(I)cc1[N+](=O)[O-]. The van der Waals surface area contributed by atoms with Gasteiger partial charge in [0.05, 0.1) is 4.92 Å². The van der Waals surface area contributed by atoms with Crippen molar-refractivity contribution in [1.82, 2.24) is 0 Å². The summed E-state index contributed by atoms with van der Waals surface area (Å²) >= 11 is 5.65. The van der Waals surface area contributed by atoms with Crippen molar-refractivity contribution in [2.24, 2.45) is 0 Å². The molecule has 0 spiro atoms. The Kier molecular flexibility index (Phi) is 5.17. The van der Waals surface area contributed by atoms with Crippen LogP contribution in [0, 0.1) is 13.7 Å². The molecule has 0 aliphatic carbocycles. The van der Waals surface area contributed by atoms with Crippen LogP contribution in [0.2, 0.25) is 0 Å². The molecular formula is C11H13BrINO2. The van der Waals surface area contributed by atoms with Gasteiger partial charge in [0.2, 0.25) is 0 Å². The van der Waals surface area contributed by atoms with Crippen LogP contribution in [0.4, 0.5) is 5.69 Å². The first-order chi connectivity index (χ1) is 7.47. The molecule has 0 radical (unpaired) electrons. The maximum atomic E-state index is 11.0. The van der Waals surface area contributed by atoms with Crippen LogP contribution in [0.3, 0.4) is 0 Å². The second-order valence-electron chi connectivity index (χ2n) is 3.67. The molecule has 16 heavy (non-hydrogen) atoms. The molecule has 0 heterocycles. The van der Waals surface area contributed by atoms with Crippen molar-refractivity contribution in [3.63, 3.8) is 0 Å². The largest absolute Gasteiger partial charge is 0.273 e. The highest BCUT2D eigenvalue weighted by Gasteiger charge is 2.23. The zero-order valence-corrected chi connectivity index (χ0v) is 12.9. The van der Waals surface area contributed by atoms with Crippen LogP contribution >= 0.6 is 38.5 Å². The average molecular weight is 398 g/mol. The van der Waals surface area contributed by atoms with Crippen molar-refractivity contribution >= 4 is 44.2 Å². The number of nitro groups is 1. The van der Waals surface area contributed by atoms with Crippen LogP contribution in [-0.2, 0) is 0 Å². The van der Waals surface area contributed by atoms with Crippen LogP contribution in [0.15, 0.2) is 18.2 Å². The molecule has 0 saturated carbocycles. The highest BCUT2D eigenvalue weighted by atomic mass is 127.